The molecule has 1 N–H and O–H groups in total. The van der Waals surface area contributed by atoms with Crippen molar-refractivity contribution in [1.29, 1.82) is 0 Å². The number of carbonyl (C=O) groups excluding carboxylic acids is 1. The van der Waals surface area contributed by atoms with Crippen molar-refractivity contribution in [2.45, 2.75) is 64.6 Å². The molecule has 0 rings (SSSR count). The second-order valence-electron chi connectivity index (χ2n) is 5.90. The van der Waals surface area contributed by atoms with E-state index >= 15 is 0 Å². The van der Waals surface area contributed by atoms with Crippen molar-refractivity contribution in [3.8, 4) is 0 Å². The Bertz CT molecular complexity index is 384. The van der Waals surface area contributed by atoms with Crippen molar-refractivity contribution < 1.29 is 41.0 Å². The Morgan fingerprint density at radius 2 is 1.41 bits per heavy atom. The molecule has 0 spiro atoms. The highest BCUT2D eigenvalue weighted by Crippen LogP contribution is 2.50. The maximum absolute atomic E-state index is 12.8. The minimum Gasteiger partial charge on any atom is -0.456 e. The molecular formula is C13H20F6O3. The number of esters is 1. The number of alkyl halides is 6. The normalized spacial score (nSPS) is 15.9. The van der Waals surface area contributed by atoms with Gasteiger partial charge in [-0.15, -0.1) is 0 Å². The first kappa shape index (κ1) is 21.0. The standard InChI is InChI=1S/C13H20F6O3/c1-6-8(7(2)3)9(20)22-10(4,5)11(21,12(14,15)16)13(17,18)19/h7-8,21H,6H2,1-5H3/t8-/m0/s1. The molecule has 0 heterocycles. The van der Waals surface area contributed by atoms with Crippen LogP contribution in [0.25, 0.3) is 0 Å². The van der Waals surface area contributed by atoms with E-state index in [9.17, 15) is 36.2 Å². The van der Waals surface area contributed by atoms with Crippen LogP contribution in [0.3, 0.4) is 0 Å². The summed E-state index contributed by atoms with van der Waals surface area (Å²) in [5.74, 6) is -2.42. The monoisotopic (exact) mass is 338 g/mol. The average molecular weight is 338 g/mol. The van der Waals surface area contributed by atoms with Crippen LogP contribution in [0.1, 0.15) is 41.0 Å². The van der Waals surface area contributed by atoms with Crippen LogP contribution >= 0.6 is 0 Å². The molecule has 0 aliphatic rings. The van der Waals surface area contributed by atoms with E-state index in [0.29, 0.717) is 13.8 Å². The molecule has 0 fully saturated rings. The molecule has 3 nitrogen and oxygen atoms in total. The second kappa shape index (κ2) is 6.25. The minimum absolute atomic E-state index is 0.184. The van der Waals surface area contributed by atoms with Crippen LogP contribution in [0.4, 0.5) is 26.3 Å². The predicted octanol–water partition coefficient (Wildman–Crippen LogP) is 3.85. The van der Waals surface area contributed by atoms with E-state index in [1.807, 2.05) is 0 Å². The summed E-state index contributed by atoms with van der Waals surface area (Å²) >= 11 is 0. The van der Waals surface area contributed by atoms with Gasteiger partial charge in [0.25, 0.3) is 5.60 Å². The third kappa shape index (κ3) is 3.67. The summed E-state index contributed by atoms with van der Waals surface area (Å²) in [7, 11) is 0. The largest absolute Gasteiger partial charge is 0.456 e. The molecule has 0 aliphatic heterocycles. The summed E-state index contributed by atoms with van der Waals surface area (Å²) in [6.45, 7) is 5.50. The number of hydrogen-bond acceptors (Lipinski definition) is 3. The summed E-state index contributed by atoms with van der Waals surface area (Å²) in [6.07, 6.45) is -11.9. The van der Waals surface area contributed by atoms with Gasteiger partial charge in [0.15, 0.2) is 5.60 Å². The first-order valence-corrected chi connectivity index (χ1v) is 6.61. The number of rotatable bonds is 5. The number of hydrogen-bond donors (Lipinski definition) is 1. The summed E-state index contributed by atoms with van der Waals surface area (Å²) in [6, 6.07) is 0. The van der Waals surface area contributed by atoms with E-state index < -0.39 is 35.4 Å². The maximum atomic E-state index is 12.8. The van der Waals surface area contributed by atoms with E-state index in [0.717, 1.165) is 0 Å². The van der Waals surface area contributed by atoms with E-state index in [1.165, 1.54) is 0 Å². The number of halogens is 6. The van der Waals surface area contributed by atoms with Gasteiger partial charge in [0, 0.05) is 0 Å². The molecule has 9 heteroatoms. The molecule has 0 aromatic rings. The number of carbonyl (C=O) groups is 1. The van der Waals surface area contributed by atoms with Crippen LogP contribution in [0.5, 0.6) is 0 Å². The molecule has 0 aromatic carbocycles. The fourth-order valence-electron chi connectivity index (χ4n) is 2.15. The Labute approximate surface area is 124 Å². The molecule has 0 radical (unpaired) electrons. The molecule has 0 bridgehead atoms. The smallest absolute Gasteiger partial charge is 0.430 e. The zero-order chi connectivity index (χ0) is 18.1. The Balaban J connectivity index is 5.73. The van der Waals surface area contributed by atoms with Crippen LogP contribution in [0.15, 0.2) is 0 Å². The zero-order valence-corrected chi connectivity index (χ0v) is 12.9. The average Bonchev–Trinajstić information content (AvgIpc) is 2.23. The van der Waals surface area contributed by atoms with Crippen molar-refractivity contribution in [2.75, 3.05) is 0 Å². The van der Waals surface area contributed by atoms with Crippen molar-refractivity contribution in [2.24, 2.45) is 11.8 Å². The highest BCUT2D eigenvalue weighted by atomic mass is 19.4. The molecule has 1 atom stereocenters. The van der Waals surface area contributed by atoms with Crippen molar-refractivity contribution in [3.63, 3.8) is 0 Å². The lowest BCUT2D eigenvalue weighted by Crippen LogP contribution is -2.70. The van der Waals surface area contributed by atoms with Gasteiger partial charge in [-0.1, -0.05) is 20.8 Å². The lowest BCUT2D eigenvalue weighted by Gasteiger charge is -2.43. The van der Waals surface area contributed by atoms with Crippen LogP contribution in [-0.4, -0.2) is 34.6 Å². The summed E-state index contributed by atoms with van der Waals surface area (Å²) < 4.78 is 81.4. The zero-order valence-electron chi connectivity index (χ0n) is 12.9. The molecular weight excluding hydrogens is 318 g/mol. The molecule has 132 valence electrons. The third-order valence-electron chi connectivity index (χ3n) is 3.59. The first-order valence-electron chi connectivity index (χ1n) is 6.61. The van der Waals surface area contributed by atoms with Gasteiger partial charge < -0.3 is 9.84 Å². The molecule has 0 saturated carbocycles. The Hall–Kier alpha value is -0.990. The summed E-state index contributed by atoms with van der Waals surface area (Å²) in [5.41, 5.74) is -8.40. The Kier molecular flexibility index (Phi) is 5.97. The maximum Gasteiger partial charge on any atom is 0.430 e. The van der Waals surface area contributed by atoms with Crippen molar-refractivity contribution >= 4 is 5.97 Å². The van der Waals surface area contributed by atoms with Gasteiger partial charge in [0.05, 0.1) is 5.92 Å². The quantitative estimate of drug-likeness (QED) is 0.612. The predicted molar refractivity (Wildman–Crippen MR) is 65.8 cm³/mol. The Morgan fingerprint density at radius 3 is 1.64 bits per heavy atom. The van der Waals surface area contributed by atoms with Gasteiger partial charge in [-0.05, 0) is 26.2 Å². The number of ether oxygens (including phenoxy) is 1. The Morgan fingerprint density at radius 1 is 1.05 bits per heavy atom. The molecule has 0 amide bonds. The molecule has 22 heavy (non-hydrogen) atoms. The highest BCUT2D eigenvalue weighted by Gasteiger charge is 2.78. The first-order chi connectivity index (χ1) is 9.53. The molecule has 0 aliphatic carbocycles. The SMILES string of the molecule is CC[C@H](C(=O)OC(C)(C)C(O)(C(F)(F)F)C(F)(F)F)C(C)C. The topological polar surface area (TPSA) is 46.5 Å². The molecule has 0 aromatic heterocycles. The van der Waals surface area contributed by atoms with Crippen molar-refractivity contribution in [1.82, 2.24) is 0 Å². The van der Waals surface area contributed by atoms with Gasteiger partial charge >= 0.3 is 18.3 Å². The van der Waals surface area contributed by atoms with Crippen molar-refractivity contribution in [3.05, 3.63) is 0 Å². The fourth-order valence-corrected chi connectivity index (χ4v) is 2.15. The number of aliphatic hydroxyl groups is 1. The van der Waals surface area contributed by atoms with Crippen LogP contribution in [-0.2, 0) is 9.53 Å². The highest BCUT2D eigenvalue weighted by molar-refractivity contribution is 5.73. The van der Waals surface area contributed by atoms with Gasteiger partial charge in [0.2, 0.25) is 0 Å². The van der Waals surface area contributed by atoms with Gasteiger partial charge in [0.1, 0.15) is 0 Å². The van der Waals surface area contributed by atoms with E-state index in [1.54, 1.807) is 20.8 Å². The summed E-state index contributed by atoms with van der Waals surface area (Å²) in [5, 5.41) is 9.33. The van der Waals surface area contributed by atoms with Gasteiger partial charge in [-0.25, -0.2) is 0 Å². The van der Waals surface area contributed by atoms with E-state index in [2.05, 4.69) is 4.74 Å². The summed E-state index contributed by atoms with van der Waals surface area (Å²) in [4.78, 5) is 11.9. The lowest BCUT2D eigenvalue weighted by molar-refractivity contribution is -0.407. The van der Waals surface area contributed by atoms with E-state index in [-0.39, 0.29) is 12.3 Å². The second-order valence-corrected chi connectivity index (χ2v) is 5.90. The van der Waals surface area contributed by atoms with Crippen LogP contribution < -0.4 is 0 Å². The lowest BCUT2D eigenvalue weighted by atomic mass is 9.83. The van der Waals surface area contributed by atoms with Crippen LogP contribution in [0, 0.1) is 11.8 Å². The molecule has 0 unspecified atom stereocenters. The third-order valence-corrected chi connectivity index (χ3v) is 3.59. The van der Waals surface area contributed by atoms with Gasteiger partial charge in [-0.2, -0.15) is 26.3 Å². The molecule has 0 saturated heterocycles. The van der Waals surface area contributed by atoms with Gasteiger partial charge in [-0.3, -0.25) is 4.79 Å². The minimum atomic E-state index is -6.06. The fraction of sp³-hybridized carbons (Fsp3) is 0.923. The van der Waals surface area contributed by atoms with Crippen LogP contribution in [0.2, 0.25) is 0 Å². The van der Waals surface area contributed by atoms with E-state index in [4.69, 9.17) is 0 Å².